The summed E-state index contributed by atoms with van der Waals surface area (Å²) in [6.07, 6.45) is 0. The second-order valence-electron chi connectivity index (χ2n) is 18.1. The van der Waals surface area contributed by atoms with Crippen molar-refractivity contribution in [1.29, 1.82) is 26.3 Å². The molecule has 12 rings (SSSR count). The Morgan fingerprint density at radius 2 is 0.554 bits per heavy atom. The van der Waals surface area contributed by atoms with Crippen molar-refractivity contribution in [1.82, 2.24) is 24.1 Å². The number of nitriles is 5. The molecule has 0 unspecified atom stereocenters. The van der Waals surface area contributed by atoms with Gasteiger partial charge in [-0.05, 0) is 143 Å². The smallest absolute Gasteiger partial charge is 0.167 e. The van der Waals surface area contributed by atoms with Crippen molar-refractivity contribution in [3.63, 3.8) is 0 Å². The molecule has 0 amide bonds. The molecule has 0 radical (unpaired) electrons. The maximum atomic E-state index is 11.2. The van der Waals surface area contributed by atoms with Crippen LogP contribution in [-0.2, 0) is 0 Å². The third-order valence-corrected chi connectivity index (χ3v) is 13.7. The molecule has 0 N–H and O–H groups in total. The lowest BCUT2D eigenvalue weighted by Gasteiger charge is -2.20. The molecule has 0 saturated heterocycles. The summed E-state index contributed by atoms with van der Waals surface area (Å²) in [5.41, 5.74) is 15.4. The first-order valence-corrected chi connectivity index (χ1v) is 23.7. The lowest BCUT2D eigenvalue weighted by atomic mass is 10.0. The number of aryl methyl sites for hydroxylation is 2. The van der Waals surface area contributed by atoms with Crippen LogP contribution in [0, 0.1) is 70.5 Å². The van der Waals surface area contributed by atoms with Gasteiger partial charge in [0.05, 0.1) is 97.2 Å². The monoisotopic (exact) mass is 944 g/mol. The van der Waals surface area contributed by atoms with E-state index in [9.17, 15) is 26.3 Å². The van der Waals surface area contributed by atoms with Crippen molar-refractivity contribution in [2.45, 2.75) is 13.8 Å². The standard InChI is InChI=1S/C64H36N10/c1-38-70-39(2)72-64(71-38)63-61(73-57-29-49(45-11-3-40(33-65)4-12-45)19-23-53(57)54-24-20-50(30-58(54)73)46-13-5-41(34-66)6-14-46)27-44(37-69)28-62(63)74-59-31-51(47-15-7-42(35-67)8-16-47)21-25-55(59)56-26-22-52(32-60(56)74)48-17-9-43(36-68)10-18-48/h3-32H,1-2H3. The molecule has 0 aliphatic rings. The molecule has 3 aromatic heterocycles. The Balaban J connectivity index is 1.23. The Bertz CT molecular complexity index is 4020. The summed E-state index contributed by atoms with van der Waals surface area (Å²) in [7, 11) is 0. The summed E-state index contributed by atoms with van der Waals surface area (Å²) < 4.78 is 4.41. The first-order valence-electron chi connectivity index (χ1n) is 23.7. The normalized spacial score (nSPS) is 11.0. The molecule has 0 bridgehead atoms. The average molecular weight is 945 g/mol. The fourth-order valence-electron chi connectivity index (χ4n) is 10.2. The number of fused-ring (bicyclic) bond motifs is 6. The van der Waals surface area contributed by atoms with Crippen LogP contribution >= 0.6 is 0 Å². The topological polar surface area (TPSA) is 167 Å². The van der Waals surface area contributed by atoms with E-state index in [1.165, 1.54) is 0 Å². The van der Waals surface area contributed by atoms with E-state index in [0.29, 0.717) is 62.2 Å². The van der Waals surface area contributed by atoms with Gasteiger partial charge in [-0.1, -0.05) is 97.1 Å². The lowest BCUT2D eigenvalue weighted by Crippen LogP contribution is -2.08. The van der Waals surface area contributed by atoms with E-state index in [0.717, 1.165) is 88.1 Å². The first kappa shape index (κ1) is 44.3. The SMILES string of the molecule is Cc1nc(C)nc(-c2c(-n3c4cc(-c5ccc(C#N)cc5)ccc4c4ccc(-c5ccc(C#N)cc5)cc43)cc(C#N)cc2-n2c3cc(-c4ccc(C#N)cc4)ccc3c3ccc(-c4ccc(C#N)cc4)cc32)n1. The zero-order valence-corrected chi connectivity index (χ0v) is 39.8. The fraction of sp³-hybridized carbons (Fsp3) is 0.0312. The Labute approximate surface area is 425 Å². The molecule has 0 fully saturated rings. The van der Waals surface area contributed by atoms with Crippen LogP contribution in [0.25, 0.3) is 111 Å². The van der Waals surface area contributed by atoms with Crippen LogP contribution in [0.2, 0.25) is 0 Å². The minimum Gasteiger partial charge on any atom is -0.308 e. The van der Waals surface area contributed by atoms with Crippen molar-refractivity contribution in [2.24, 2.45) is 0 Å². The number of benzene rings is 9. The summed E-state index contributed by atoms with van der Waals surface area (Å²) in [6.45, 7) is 3.70. The molecule has 3 heterocycles. The lowest BCUT2D eigenvalue weighted by molar-refractivity contribution is 0.924. The summed E-state index contributed by atoms with van der Waals surface area (Å²) in [6, 6.07) is 70.9. The highest BCUT2D eigenvalue weighted by Gasteiger charge is 2.26. The number of hydrogen-bond acceptors (Lipinski definition) is 8. The number of nitrogens with zero attached hydrogens (tertiary/aromatic N) is 10. The van der Waals surface area contributed by atoms with Crippen molar-refractivity contribution in [3.05, 3.63) is 221 Å². The van der Waals surface area contributed by atoms with E-state index in [2.05, 4.69) is 117 Å². The van der Waals surface area contributed by atoms with Crippen molar-refractivity contribution < 1.29 is 0 Å². The molecule has 342 valence electrons. The molecular formula is C64H36N10. The van der Waals surface area contributed by atoms with Crippen LogP contribution in [0.4, 0.5) is 0 Å². The van der Waals surface area contributed by atoms with Gasteiger partial charge in [0.1, 0.15) is 11.6 Å². The zero-order chi connectivity index (χ0) is 50.6. The molecule has 9 aromatic carbocycles. The molecular weight excluding hydrogens is 909 g/mol. The quantitative estimate of drug-likeness (QED) is 0.152. The van der Waals surface area contributed by atoms with Gasteiger partial charge in [-0.25, -0.2) is 15.0 Å². The maximum absolute atomic E-state index is 11.2. The van der Waals surface area contributed by atoms with Crippen molar-refractivity contribution >= 4 is 43.6 Å². The summed E-state index contributed by atoms with van der Waals surface area (Å²) >= 11 is 0. The van der Waals surface area contributed by atoms with Gasteiger partial charge in [0.2, 0.25) is 0 Å². The predicted octanol–water partition coefficient (Wildman–Crippen LogP) is 14.4. The summed E-state index contributed by atoms with van der Waals surface area (Å²) in [5.74, 6) is 1.46. The zero-order valence-electron chi connectivity index (χ0n) is 39.8. The van der Waals surface area contributed by atoms with Gasteiger partial charge in [-0.15, -0.1) is 0 Å². The molecule has 0 atom stereocenters. The van der Waals surface area contributed by atoms with Crippen LogP contribution in [0.3, 0.4) is 0 Å². The van der Waals surface area contributed by atoms with Crippen LogP contribution in [0.15, 0.2) is 182 Å². The van der Waals surface area contributed by atoms with E-state index in [4.69, 9.17) is 9.97 Å². The largest absolute Gasteiger partial charge is 0.308 e. The van der Waals surface area contributed by atoms with Crippen LogP contribution in [0.5, 0.6) is 0 Å². The average Bonchev–Trinajstić information content (AvgIpc) is 3.96. The Hall–Kier alpha value is -11.0. The fourth-order valence-corrected chi connectivity index (χ4v) is 10.2. The molecule has 12 aromatic rings. The van der Waals surface area contributed by atoms with Crippen LogP contribution in [0.1, 0.15) is 39.5 Å². The predicted molar refractivity (Wildman–Crippen MR) is 289 cm³/mol. The Morgan fingerprint density at radius 3 is 0.811 bits per heavy atom. The molecule has 10 heteroatoms. The molecule has 0 aliphatic carbocycles. The Kier molecular flexibility index (Phi) is 10.6. The van der Waals surface area contributed by atoms with E-state index in [-0.39, 0.29) is 0 Å². The van der Waals surface area contributed by atoms with Gasteiger partial charge in [0.25, 0.3) is 0 Å². The van der Waals surface area contributed by atoms with Crippen LogP contribution < -0.4 is 0 Å². The number of aromatic nitrogens is 5. The van der Waals surface area contributed by atoms with E-state index in [1.807, 2.05) is 123 Å². The molecule has 74 heavy (non-hydrogen) atoms. The van der Waals surface area contributed by atoms with Gasteiger partial charge >= 0.3 is 0 Å². The second kappa shape index (κ2) is 17.8. The number of hydrogen-bond donors (Lipinski definition) is 0. The van der Waals surface area contributed by atoms with Gasteiger partial charge < -0.3 is 9.13 Å². The summed E-state index contributed by atoms with van der Waals surface area (Å²) in [4.78, 5) is 14.9. The van der Waals surface area contributed by atoms with Crippen LogP contribution in [-0.4, -0.2) is 24.1 Å². The molecule has 10 nitrogen and oxygen atoms in total. The van der Waals surface area contributed by atoms with E-state index < -0.39 is 0 Å². The van der Waals surface area contributed by atoms with Gasteiger partial charge in [-0.3, -0.25) is 0 Å². The van der Waals surface area contributed by atoms with Gasteiger partial charge in [-0.2, -0.15) is 26.3 Å². The van der Waals surface area contributed by atoms with Crippen molar-refractivity contribution in [2.75, 3.05) is 0 Å². The molecule has 0 saturated carbocycles. The number of rotatable bonds is 7. The van der Waals surface area contributed by atoms with Gasteiger partial charge in [0.15, 0.2) is 5.82 Å². The van der Waals surface area contributed by atoms with E-state index in [1.54, 1.807) is 0 Å². The molecule has 0 spiro atoms. The molecule has 0 aliphatic heterocycles. The van der Waals surface area contributed by atoms with E-state index >= 15 is 0 Å². The highest BCUT2D eigenvalue weighted by molar-refractivity contribution is 6.14. The highest BCUT2D eigenvalue weighted by Crippen LogP contribution is 2.45. The van der Waals surface area contributed by atoms with Gasteiger partial charge in [0, 0.05) is 21.5 Å². The minimum absolute atomic E-state index is 0.393. The summed E-state index contributed by atoms with van der Waals surface area (Å²) in [5, 5.41) is 53.7. The van der Waals surface area contributed by atoms with Crippen molar-refractivity contribution in [3.8, 4) is 97.6 Å². The maximum Gasteiger partial charge on any atom is 0.167 e. The first-order chi connectivity index (χ1) is 36.2. The third-order valence-electron chi connectivity index (χ3n) is 13.7. The Morgan fingerprint density at radius 1 is 0.297 bits per heavy atom. The minimum atomic E-state index is 0.393. The highest BCUT2D eigenvalue weighted by atomic mass is 15.1. The third kappa shape index (κ3) is 7.52. The second-order valence-corrected chi connectivity index (χ2v) is 18.1.